The number of fused-ring (bicyclic) bond motifs is 3. The second kappa shape index (κ2) is 5.43. The number of ether oxygens (including phenoxy) is 1. The van der Waals surface area contributed by atoms with Gasteiger partial charge >= 0.3 is 6.03 Å². The summed E-state index contributed by atoms with van der Waals surface area (Å²) in [7, 11) is 0. The molecule has 5 nitrogen and oxygen atoms in total. The highest BCUT2D eigenvalue weighted by Crippen LogP contribution is 2.28. The zero-order valence-electron chi connectivity index (χ0n) is 12.8. The first kappa shape index (κ1) is 13.8. The molecule has 0 radical (unpaired) electrons. The smallest absolute Gasteiger partial charge is 0.328 e. The van der Waals surface area contributed by atoms with Gasteiger partial charge in [-0.25, -0.2) is 14.3 Å². The van der Waals surface area contributed by atoms with Gasteiger partial charge in [0.05, 0.1) is 23.7 Å². The Kier molecular flexibility index (Phi) is 3.26. The average Bonchev–Trinajstić information content (AvgIpc) is 3.08. The summed E-state index contributed by atoms with van der Waals surface area (Å²) < 4.78 is 7.13. The van der Waals surface area contributed by atoms with E-state index in [4.69, 9.17) is 4.74 Å². The third-order valence-corrected chi connectivity index (χ3v) is 4.07. The number of benzene rings is 2. The van der Waals surface area contributed by atoms with Crippen molar-refractivity contribution >= 4 is 17.1 Å². The van der Waals surface area contributed by atoms with Crippen LogP contribution in [0, 0.1) is 0 Å². The molecular weight excluding hydrogens is 290 g/mol. The fourth-order valence-corrected chi connectivity index (χ4v) is 3.04. The molecule has 116 valence electrons. The summed E-state index contributed by atoms with van der Waals surface area (Å²) in [6.07, 6.45) is 0.710. The van der Waals surface area contributed by atoms with Crippen LogP contribution in [0.5, 0.6) is 5.75 Å². The predicted octanol–water partition coefficient (Wildman–Crippen LogP) is 3.29. The number of carbonyl (C=O) groups is 1. The lowest BCUT2D eigenvalue weighted by atomic mass is 10.1. The molecule has 2 heterocycles. The normalized spacial score (nSPS) is 16.4. The monoisotopic (exact) mass is 307 g/mol. The molecule has 0 saturated heterocycles. The van der Waals surface area contributed by atoms with E-state index in [1.807, 2.05) is 55.5 Å². The van der Waals surface area contributed by atoms with Gasteiger partial charge in [0, 0.05) is 0 Å². The maximum atomic E-state index is 12.3. The van der Waals surface area contributed by atoms with Crippen molar-refractivity contribution in [3.8, 4) is 5.75 Å². The Labute approximate surface area is 133 Å². The number of hydrogen-bond donors (Lipinski definition) is 1. The van der Waals surface area contributed by atoms with Gasteiger partial charge in [0.1, 0.15) is 11.6 Å². The molecule has 0 saturated carbocycles. The van der Waals surface area contributed by atoms with Crippen LogP contribution in [0.15, 0.2) is 48.5 Å². The third-order valence-electron chi connectivity index (χ3n) is 4.07. The third kappa shape index (κ3) is 2.34. The maximum absolute atomic E-state index is 12.3. The zero-order chi connectivity index (χ0) is 15.8. The van der Waals surface area contributed by atoms with E-state index < -0.39 is 0 Å². The van der Waals surface area contributed by atoms with Crippen LogP contribution < -0.4 is 10.1 Å². The highest BCUT2D eigenvalue weighted by atomic mass is 16.5. The number of para-hydroxylation sites is 2. The molecule has 0 bridgehead atoms. The van der Waals surface area contributed by atoms with E-state index in [0.717, 1.165) is 28.2 Å². The van der Waals surface area contributed by atoms with E-state index >= 15 is 0 Å². The Balaban J connectivity index is 1.63. The predicted molar refractivity (Wildman–Crippen MR) is 87.7 cm³/mol. The molecule has 0 spiro atoms. The van der Waals surface area contributed by atoms with Crippen molar-refractivity contribution in [2.45, 2.75) is 19.4 Å². The molecule has 1 aliphatic heterocycles. The molecular formula is C18H17N3O2. The van der Waals surface area contributed by atoms with Crippen LogP contribution in [0.1, 0.15) is 24.4 Å². The number of nitrogens with zero attached hydrogens (tertiary/aromatic N) is 2. The summed E-state index contributed by atoms with van der Waals surface area (Å²) in [4.78, 5) is 16.9. The van der Waals surface area contributed by atoms with Crippen molar-refractivity contribution in [2.75, 3.05) is 6.61 Å². The molecule has 0 fully saturated rings. The van der Waals surface area contributed by atoms with Gasteiger partial charge < -0.3 is 10.1 Å². The Bertz CT molecular complexity index is 868. The van der Waals surface area contributed by atoms with Crippen molar-refractivity contribution < 1.29 is 9.53 Å². The second-order valence-electron chi connectivity index (χ2n) is 5.58. The first-order chi connectivity index (χ1) is 11.3. The van der Waals surface area contributed by atoms with Crippen molar-refractivity contribution in [1.29, 1.82) is 0 Å². The maximum Gasteiger partial charge on any atom is 0.328 e. The largest absolute Gasteiger partial charge is 0.494 e. The highest BCUT2D eigenvalue weighted by Gasteiger charge is 2.31. The van der Waals surface area contributed by atoms with Gasteiger partial charge in [-0.15, -0.1) is 0 Å². The minimum Gasteiger partial charge on any atom is -0.494 e. The Morgan fingerprint density at radius 1 is 1.17 bits per heavy atom. The van der Waals surface area contributed by atoms with Crippen LogP contribution in [0.2, 0.25) is 0 Å². The number of imidazole rings is 1. The number of aromatic nitrogens is 2. The van der Waals surface area contributed by atoms with E-state index in [1.165, 1.54) is 0 Å². The van der Waals surface area contributed by atoms with Gasteiger partial charge in [-0.1, -0.05) is 24.3 Å². The van der Waals surface area contributed by atoms with Crippen molar-refractivity contribution in [2.24, 2.45) is 0 Å². The molecule has 1 atom stereocenters. The van der Waals surface area contributed by atoms with Gasteiger partial charge in [-0.3, -0.25) is 0 Å². The van der Waals surface area contributed by atoms with Crippen LogP contribution in [0.3, 0.4) is 0 Å². The van der Waals surface area contributed by atoms with Crippen LogP contribution >= 0.6 is 0 Å². The molecule has 23 heavy (non-hydrogen) atoms. The van der Waals surface area contributed by atoms with E-state index in [0.29, 0.717) is 13.0 Å². The fourth-order valence-electron chi connectivity index (χ4n) is 3.04. The van der Waals surface area contributed by atoms with Gasteiger partial charge in [0.25, 0.3) is 0 Å². The molecule has 1 aromatic heterocycles. The minimum atomic E-state index is -0.107. The fraction of sp³-hybridized carbons (Fsp3) is 0.222. The Morgan fingerprint density at radius 3 is 2.74 bits per heavy atom. The van der Waals surface area contributed by atoms with Gasteiger partial charge in [-0.2, -0.15) is 0 Å². The van der Waals surface area contributed by atoms with Crippen LogP contribution in [0.25, 0.3) is 11.0 Å². The standard InChI is InChI=1S/C18H17N3O2/c1-2-23-13-9-7-12(8-10-13)11-15-17-19-14-5-3-4-6-16(14)21(17)18(22)20-15/h3-10,15H,2,11H2,1H3,(H,20,22). The van der Waals surface area contributed by atoms with Crippen molar-refractivity contribution in [3.05, 3.63) is 59.9 Å². The molecule has 1 aliphatic rings. The first-order valence-corrected chi connectivity index (χ1v) is 7.76. The number of nitrogens with one attached hydrogen (secondary N) is 1. The molecule has 2 aromatic carbocycles. The van der Waals surface area contributed by atoms with E-state index in [2.05, 4.69) is 10.3 Å². The molecule has 4 rings (SSSR count). The molecule has 0 aliphatic carbocycles. The molecule has 1 N–H and O–H groups in total. The lowest BCUT2D eigenvalue weighted by molar-refractivity contribution is 0.245. The lowest BCUT2D eigenvalue weighted by Crippen LogP contribution is -2.22. The van der Waals surface area contributed by atoms with Gasteiger partial charge in [-0.05, 0) is 43.2 Å². The molecule has 1 amide bonds. The highest BCUT2D eigenvalue weighted by molar-refractivity contribution is 5.92. The molecule has 1 unspecified atom stereocenters. The summed E-state index contributed by atoms with van der Waals surface area (Å²) >= 11 is 0. The SMILES string of the molecule is CCOc1ccc(CC2NC(=O)n3c2nc2ccccc23)cc1. The molecule has 5 heteroatoms. The summed E-state index contributed by atoms with van der Waals surface area (Å²) in [5, 5.41) is 3.01. The topological polar surface area (TPSA) is 56.1 Å². The van der Waals surface area contributed by atoms with Crippen LogP contribution in [-0.2, 0) is 6.42 Å². The van der Waals surface area contributed by atoms with Gasteiger partial charge in [0.15, 0.2) is 0 Å². The zero-order valence-corrected chi connectivity index (χ0v) is 12.8. The number of hydrogen-bond acceptors (Lipinski definition) is 3. The van der Waals surface area contributed by atoms with Crippen LogP contribution in [-0.4, -0.2) is 22.2 Å². The summed E-state index contributed by atoms with van der Waals surface area (Å²) in [6.45, 7) is 2.62. The number of carbonyl (C=O) groups excluding carboxylic acids is 1. The second-order valence-corrected chi connectivity index (χ2v) is 5.58. The van der Waals surface area contributed by atoms with E-state index in [9.17, 15) is 4.79 Å². The lowest BCUT2D eigenvalue weighted by Gasteiger charge is -2.10. The Hall–Kier alpha value is -2.82. The Morgan fingerprint density at radius 2 is 1.96 bits per heavy atom. The van der Waals surface area contributed by atoms with E-state index in [-0.39, 0.29) is 12.1 Å². The summed E-state index contributed by atoms with van der Waals surface area (Å²) in [5.41, 5.74) is 2.85. The van der Waals surface area contributed by atoms with Crippen LogP contribution in [0.4, 0.5) is 4.79 Å². The number of rotatable bonds is 4. The van der Waals surface area contributed by atoms with Gasteiger partial charge in [0.2, 0.25) is 0 Å². The van der Waals surface area contributed by atoms with Crippen molar-refractivity contribution in [1.82, 2.24) is 14.9 Å². The minimum absolute atomic E-state index is 0.104. The average molecular weight is 307 g/mol. The first-order valence-electron chi connectivity index (χ1n) is 7.76. The molecule has 3 aromatic rings. The van der Waals surface area contributed by atoms with E-state index in [1.54, 1.807) is 4.57 Å². The quantitative estimate of drug-likeness (QED) is 0.804. The summed E-state index contributed by atoms with van der Waals surface area (Å²) in [5.74, 6) is 1.64. The van der Waals surface area contributed by atoms with Crippen molar-refractivity contribution in [3.63, 3.8) is 0 Å². The number of amides is 1. The summed E-state index contributed by atoms with van der Waals surface area (Å²) in [6, 6.07) is 15.5.